The van der Waals surface area contributed by atoms with Crippen LogP contribution in [0.3, 0.4) is 0 Å². The molecule has 0 bridgehead atoms. The highest BCUT2D eigenvalue weighted by Gasteiger charge is 2.13. The maximum Gasteiger partial charge on any atom is 0.234 e. The fraction of sp³-hybridized carbons (Fsp3) is 0.211. The Kier molecular flexibility index (Phi) is 5.97. The van der Waals surface area contributed by atoms with Crippen LogP contribution in [0.1, 0.15) is 17.0 Å². The number of aryl methyl sites for hydroxylation is 2. The molecule has 0 saturated carbocycles. The number of hydrogen-bond donors (Lipinski definition) is 2. The Labute approximate surface area is 161 Å². The molecule has 1 heterocycles. The molecular weight excluding hydrogens is 362 g/mol. The topological polar surface area (TPSA) is 95.1 Å². The molecule has 3 aromatic rings. The Morgan fingerprint density at radius 2 is 1.85 bits per heavy atom. The van der Waals surface area contributed by atoms with Crippen molar-refractivity contribution in [1.82, 2.24) is 14.9 Å². The third-order valence-electron chi connectivity index (χ3n) is 3.69. The van der Waals surface area contributed by atoms with Gasteiger partial charge in [0.1, 0.15) is 12.4 Å². The quantitative estimate of drug-likeness (QED) is 0.481. The number of aromatic nitrogens is 3. The molecule has 0 aliphatic carbocycles. The number of amides is 1. The molecule has 3 rings (SSSR count). The second-order valence-electron chi connectivity index (χ2n) is 6.08. The number of ether oxygens (including phenoxy) is 1. The first-order valence-electron chi connectivity index (χ1n) is 8.39. The maximum absolute atomic E-state index is 12.0. The smallest absolute Gasteiger partial charge is 0.234 e. The number of nitrogen functional groups attached to an aromatic ring is 1. The number of nitrogens with zero attached hydrogens (tertiary/aromatic N) is 3. The van der Waals surface area contributed by atoms with Gasteiger partial charge in [0.25, 0.3) is 0 Å². The lowest BCUT2D eigenvalue weighted by Gasteiger charge is -2.08. The van der Waals surface area contributed by atoms with Crippen molar-refractivity contribution in [3.05, 3.63) is 65.5 Å². The van der Waals surface area contributed by atoms with Gasteiger partial charge in [-0.15, -0.1) is 10.2 Å². The molecule has 0 fully saturated rings. The minimum atomic E-state index is -0.137. The Balaban J connectivity index is 1.54. The van der Waals surface area contributed by atoms with E-state index in [1.165, 1.54) is 16.4 Å². The molecule has 1 aromatic heterocycles. The minimum absolute atomic E-state index is 0.137. The first-order chi connectivity index (χ1) is 13.0. The minimum Gasteiger partial charge on any atom is -0.486 e. The summed E-state index contributed by atoms with van der Waals surface area (Å²) in [4.78, 5) is 12.0. The average molecular weight is 383 g/mol. The van der Waals surface area contributed by atoms with Gasteiger partial charge in [0.2, 0.25) is 11.1 Å². The normalized spacial score (nSPS) is 10.6. The summed E-state index contributed by atoms with van der Waals surface area (Å²) in [6.07, 6.45) is 0. The van der Waals surface area contributed by atoms with Gasteiger partial charge in [-0.25, -0.2) is 4.68 Å². The number of rotatable bonds is 7. The summed E-state index contributed by atoms with van der Waals surface area (Å²) >= 11 is 1.22. The molecule has 0 atom stereocenters. The number of benzene rings is 2. The van der Waals surface area contributed by atoms with Gasteiger partial charge in [-0.2, -0.15) is 0 Å². The number of nitrogens with one attached hydrogen (secondary N) is 1. The molecule has 0 aliphatic rings. The monoisotopic (exact) mass is 383 g/mol. The molecule has 7 nitrogen and oxygen atoms in total. The second-order valence-corrected chi connectivity index (χ2v) is 7.03. The lowest BCUT2D eigenvalue weighted by Crippen LogP contribution is -2.18. The number of hydrogen-bond acceptors (Lipinski definition) is 6. The molecule has 0 spiro atoms. The molecule has 8 heteroatoms. The van der Waals surface area contributed by atoms with Crippen molar-refractivity contribution in [2.75, 3.05) is 16.9 Å². The SMILES string of the molecule is Cc1cc(C)cc(OCc2nnc(SCC(=O)Nc3ccccc3)n2N)c1. The van der Waals surface area contributed by atoms with E-state index in [1.54, 1.807) is 0 Å². The first-order valence-corrected chi connectivity index (χ1v) is 9.38. The molecule has 0 unspecified atom stereocenters. The van der Waals surface area contributed by atoms with Crippen LogP contribution in [0.15, 0.2) is 53.7 Å². The highest BCUT2D eigenvalue weighted by molar-refractivity contribution is 7.99. The molecule has 3 N–H and O–H groups in total. The van der Waals surface area contributed by atoms with Crippen LogP contribution in [0.25, 0.3) is 0 Å². The summed E-state index contributed by atoms with van der Waals surface area (Å²) in [6.45, 7) is 4.23. The number of thioether (sulfide) groups is 1. The van der Waals surface area contributed by atoms with E-state index in [1.807, 2.05) is 56.3 Å². The highest BCUT2D eigenvalue weighted by Crippen LogP contribution is 2.19. The second kappa shape index (κ2) is 8.59. The Morgan fingerprint density at radius 3 is 2.56 bits per heavy atom. The summed E-state index contributed by atoms with van der Waals surface area (Å²) < 4.78 is 7.11. The fourth-order valence-corrected chi connectivity index (χ4v) is 3.19. The van der Waals surface area contributed by atoms with Crippen molar-refractivity contribution >= 4 is 23.4 Å². The molecule has 1 amide bonds. The van der Waals surface area contributed by atoms with Crippen molar-refractivity contribution in [3.8, 4) is 5.75 Å². The van der Waals surface area contributed by atoms with E-state index in [2.05, 4.69) is 21.6 Å². The van der Waals surface area contributed by atoms with Gasteiger partial charge >= 0.3 is 0 Å². The Hall–Kier alpha value is -3.00. The van der Waals surface area contributed by atoms with Crippen LogP contribution in [-0.2, 0) is 11.4 Å². The zero-order valence-electron chi connectivity index (χ0n) is 15.2. The molecular formula is C19H21N5O2S. The number of nitrogens with two attached hydrogens (primary N) is 1. The predicted molar refractivity (Wildman–Crippen MR) is 106 cm³/mol. The Morgan fingerprint density at radius 1 is 1.15 bits per heavy atom. The van der Waals surface area contributed by atoms with E-state index in [0.29, 0.717) is 11.0 Å². The molecule has 0 aliphatic heterocycles. The van der Waals surface area contributed by atoms with E-state index in [4.69, 9.17) is 10.6 Å². The molecule has 140 valence electrons. The van der Waals surface area contributed by atoms with Crippen LogP contribution in [0.4, 0.5) is 5.69 Å². The summed E-state index contributed by atoms with van der Waals surface area (Å²) in [7, 11) is 0. The maximum atomic E-state index is 12.0. The van der Waals surface area contributed by atoms with Gasteiger partial charge < -0.3 is 15.9 Å². The lowest BCUT2D eigenvalue weighted by molar-refractivity contribution is -0.113. The van der Waals surface area contributed by atoms with E-state index in [0.717, 1.165) is 22.6 Å². The third-order valence-corrected chi connectivity index (χ3v) is 4.63. The Bertz CT molecular complexity index is 907. The lowest BCUT2D eigenvalue weighted by atomic mass is 10.1. The largest absolute Gasteiger partial charge is 0.486 e. The van der Waals surface area contributed by atoms with Crippen LogP contribution in [0, 0.1) is 13.8 Å². The zero-order chi connectivity index (χ0) is 19.2. The molecule has 0 radical (unpaired) electrons. The van der Waals surface area contributed by atoms with E-state index < -0.39 is 0 Å². The van der Waals surface area contributed by atoms with Crippen molar-refractivity contribution < 1.29 is 9.53 Å². The zero-order valence-corrected chi connectivity index (χ0v) is 16.0. The van der Waals surface area contributed by atoms with Crippen LogP contribution in [0.2, 0.25) is 0 Å². The number of para-hydroxylation sites is 1. The van der Waals surface area contributed by atoms with Gasteiger partial charge in [-0.05, 0) is 49.2 Å². The van der Waals surface area contributed by atoms with Crippen LogP contribution in [-0.4, -0.2) is 26.5 Å². The van der Waals surface area contributed by atoms with Crippen molar-refractivity contribution in [3.63, 3.8) is 0 Å². The van der Waals surface area contributed by atoms with Gasteiger partial charge in [0.15, 0.2) is 5.82 Å². The molecule has 2 aromatic carbocycles. The van der Waals surface area contributed by atoms with Crippen molar-refractivity contribution in [2.45, 2.75) is 25.6 Å². The van der Waals surface area contributed by atoms with Crippen molar-refractivity contribution in [1.29, 1.82) is 0 Å². The predicted octanol–water partition coefficient (Wildman–Crippen LogP) is 2.92. The van der Waals surface area contributed by atoms with E-state index in [-0.39, 0.29) is 18.3 Å². The highest BCUT2D eigenvalue weighted by atomic mass is 32.2. The van der Waals surface area contributed by atoms with Crippen molar-refractivity contribution in [2.24, 2.45) is 0 Å². The first kappa shape index (κ1) is 18.8. The standard InChI is InChI=1S/C19H21N5O2S/c1-13-8-14(2)10-16(9-13)26-11-17-22-23-19(24(17)20)27-12-18(25)21-15-6-4-3-5-7-15/h3-10H,11-12,20H2,1-2H3,(H,21,25). The van der Waals surface area contributed by atoms with Gasteiger partial charge in [0, 0.05) is 5.69 Å². The summed E-state index contributed by atoms with van der Waals surface area (Å²) in [5.74, 6) is 7.31. The summed E-state index contributed by atoms with van der Waals surface area (Å²) in [6, 6.07) is 15.3. The summed E-state index contributed by atoms with van der Waals surface area (Å²) in [5, 5.41) is 11.3. The van der Waals surface area contributed by atoms with Crippen LogP contribution >= 0.6 is 11.8 Å². The van der Waals surface area contributed by atoms with E-state index >= 15 is 0 Å². The number of anilines is 1. The fourth-order valence-electron chi connectivity index (χ4n) is 2.52. The van der Waals surface area contributed by atoms with Crippen LogP contribution in [0.5, 0.6) is 5.75 Å². The van der Waals surface area contributed by atoms with Crippen LogP contribution < -0.4 is 15.9 Å². The van der Waals surface area contributed by atoms with Gasteiger partial charge in [-0.3, -0.25) is 4.79 Å². The van der Waals surface area contributed by atoms with Gasteiger partial charge in [-0.1, -0.05) is 36.0 Å². The third kappa shape index (κ3) is 5.24. The van der Waals surface area contributed by atoms with E-state index in [9.17, 15) is 4.79 Å². The summed E-state index contributed by atoms with van der Waals surface area (Å²) in [5.41, 5.74) is 3.00. The van der Waals surface area contributed by atoms with Gasteiger partial charge in [0.05, 0.1) is 5.75 Å². The number of carbonyl (C=O) groups is 1. The number of carbonyl (C=O) groups excluding carboxylic acids is 1. The molecule has 0 saturated heterocycles. The average Bonchev–Trinajstić information content (AvgIpc) is 2.98. The molecule has 27 heavy (non-hydrogen) atoms.